The molecule has 6 heteroatoms. The summed E-state index contributed by atoms with van der Waals surface area (Å²) in [4.78, 5) is 12.1. The molecule has 0 aromatic heterocycles. The van der Waals surface area contributed by atoms with E-state index in [0.717, 1.165) is 5.56 Å². The van der Waals surface area contributed by atoms with E-state index in [4.69, 9.17) is 16.7 Å². The summed E-state index contributed by atoms with van der Waals surface area (Å²) in [7, 11) is -3.96. The minimum atomic E-state index is -3.96. The van der Waals surface area contributed by atoms with Gasteiger partial charge in [0.2, 0.25) is 10.0 Å². The number of aryl methyl sites for hydroxylation is 1. The zero-order valence-electron chi connectivity index (χ0n) is 10.6. The van der Waals surface area contributed by atoms with E-state index >= 15 is 0 Å². The molecule has 0 aliphatic heterocycles. The van der Waals surface area contributed by atoms with E-state index in [0.29, 0.717) is 5.56 Å². The fourth-order valence-electron chi connectivity index (χ4n) is 1.82. The lowest BCUT2D eigenvalue weighted by atomic mass is 10.0. The number of halogens is 1. The lowest BCUT2D eigenvalue weighted by molar-refractivity contribution is 0.103. The summed E-state index contributed by atoms with van der Waals surface area (Å²) in [5, 5.41) is 5.06. The fourth-order valence-corrected chi connectivity index (χ4v) is 2.89. The molecule has 0 aliphatic carbocycles. The molecular formula is C14H12ClNO3S. The van der Waals surface area contributed by atoms with Crippen LogP contribution in [-0.4, -0.2) is 14.2 Å². The summed E-state index contributed by atoms with van der Waals surface area (Å²) < 4.78 is 22.8. The molecule has 0 spiro atoms. The van der Waals surface area contributed by atoms with Gasteiger partial charge in [0.1, 0.15) is 4.90 Å². The van der Waals surface area contributed by atoms with E-state index in [-0.39, 0.29) is 21.3 Å². The molecule has 2 aromatic rings. The number of ketones is 1. The second-order valence-corrected chi connectivity index (χ2v) is 6.33. The highest BCUT2D eigenvalue weighted by molar-refractivity contribution is 7.89. The minimum absolute atomic E-state index is 0.00621. The summed E-state index contributed by atoms with van der Waals surface area (Å²) in [5.41, 5.74) is 1.65. The molecule has 0 fully saturated rings. The Bertz CT molecular complexity index is 785. The first kappa shape index (κ1) is 14.7. The van der Waals surface area contributed by atoms with Crippen LogP contribution in [0.4, 0.5) is 0 Å². The van der Waals surface area contributed by atoms with Crippen molar-refractivity contribution in [2.24, 2.45) is 5.14 Å². The average molecular weight is 310 g/mol. The van der Waals surface area contributed by atoms with Crippen molar-refractivity contribution in [1.82, 2.24) is 0 Å². The zero-order valence-corrected chi connectivity index (χ0v) is 12.2. The Hall–Kier alpha value is -1.69. The Kier molecular flexibility index (Phi) is 3.94. The van der Waals surface area contributed by atoms with E-state index < -0.39 is 10.0 Å². The van der Waals surface area contributed by atoms with Crippen LogP contribution in [0.25, 0.3) is 0 Å². The summed E-state index contributed by atoms with van der Waals surface area (Å²) >= 11 is 5.79. The van der Waals surface area contributed by atoms with E-state index in [9.17, 15) is 13.2 Å². The molecule has 0 saturated heterocycles. The summed E-state index contributed by atoms with van der Waals surface area (Å²) in [6.45, 7) is 1.87. The van der Waals surface area contributed by atoms with Crippen LogP contribution in [0.15, 0.2) is 47.4 Å². The predicted molar refractivity (Wildman–Crippen MR) is 77.4 cm³/mol. The third kappa shape index (κ3) is 3.07. The van der Waals surface area contributed by atoms with Crippen LogP contribution < -0.4 is 5.14 Å². The maximum absolute atomic E-state index is 12.3. The second-order valence-electron chi connectivity index (χ2n) is 4.39. The molecule has 104 valence electrons. The molecule has 0 radical (unpaired) electrons. The van der Waals surface area contributed by atoms with Gasteiger partial charge in [-0.05, 0) is 31.2 Å². The van der Waals surface area contributed by atoms with Gasteiger partial charge in [0.15, 0.2) is 5.78 Å². The molecule has 0 aliphatic rings. The molecule has 2 N–H and O–H groups in total. The highest BCUT2D eigenvalue weighted by atomic mass is 35.5. The van der Waals surface area contributed by atoms with Gasteiger partial charge in [0.25, 0.3) is 0 Å². The number of hydrogen-bond donors (Lipinski definition) is 1. The number of sulfonamides is 1. The quantitative estimate of drug-likeness (QED) is 0.885. The lowest BCUT2D eigenvalue weighted by Gasteiger charge is -2.06. The van der Waals surface area contributed by atoms with Gasteiger partial charge >= 0.3 is 0 Å². The number of carbonyl (C=O) groups is 1. The number of benzene rings is 2. The molecule has 0 heterocycles. The van der Waals surface area contributed by atoms with Crippen molar-refractivity contribution in [2.75, 3.05) is 0 Å². The van der Waals surface area contributed by atoms with E-state index in [1.54, 1.807) is 18.2 Å². The van der Waals surface area contributed by atoms with E-state index in [1.165, 1.54) is 18.2 Å². The van der Waals surface area contributed by atoms with E-state index in [2.05, 4.69) is 0 Å². The molecule has 2 rings (SSSR count). The standard InChI is InChI=1S/C14H12ClNO3S/c1-9-3-2-4-10(7-9)14(17)11-5-6-12(15)13(8-11)20(16,18)19/h2-8H,1H3,(H2,16,18,19). The Morgan fingerprint density at radius 2 is 1.75 bits per heavy atom. The molecule has 4 nitrogen and oxygen atoms in total. The van der Waals surface area contributed by atoms with Crippen molar-refractivity contribution in [3.63, 3.8) is 0 Å². The van der Waals surface area contributed by atoms with Gasteiger partial charge in [-0.2, -0.15) is 0 Å². The summed E-state index contributed by atoms with van der Waals surface area (Å²) in [6.07, 6.45) is 0. The van der Waals surface area contributed by atoms with Crippen LogP contribution in [0.5, 0.6) is 0 Å². The molecule has 0 atom stereocenters. The van der Waals surface area contributed by atoms with Crippen molar-refractivity contribution in [3.8, 4) is 0 Å². The SMILES string of the molecule is Cc1cccc(C(=O)c2ccc(Cl)c(S(N)(=O)=O)c2)c1. The fraction of sp³-hybridized carbons (Fsp3) is 0.0714. The number of rotatable bonds is 3. The van der Waals surface area contributed by atoms with Gasteiger partial charge in [-0.1, -0.05) is 35.4 Å². The molecule has 0 saturated carbocycles. The van der Waals surface area contributed by atoms with Crippen molar-refractivity contribution >= 4 is 27.4 Å². The number of nitrogens with two attached hydrogens (primary N) is 1. The van der Waals surface area contributed by atoms with Gasteiger partial charge in [0, 0.05) is 11.1 Å². The molecule has 0 bridgehead atoms. The van der Waals surface area contributed by atoms with Crippen LogP contribution in [0, 0.1) is 6.92 Å². The van der Waals surface area contributed by atoms with Crippen LogP contribution in [0.1, 0.15) is 21.5 Å². The van der Waals surface area contributed by atoms with Gasteiger partial charge in [-0.3, -0.25) is 4.79 Å². The van der Waals surface area contributed by atoms with Crippen molar-refractivity contribution < 1.29 is 13.2 Å². The first-order valence-electron chi connectivity index (χ1n) is 5.73. The Morgan fingerprint density at radius 1 is 1.10 bits per heavy atom. The lowest BCUT2D eigenvalue weighted by Crippen LogP contribution is -2.14. The molecular weight excluding hydrogens is 298 g/mol. The van der Waals surface area contributed by atoms with Gasteiger partial charge < -0.3 is 0 Å². The monoisotopic (exact) mass is 309 g/mol. The normalized spacial score (nSPS) is 11.3. The highest BCUT2D eigenvalue weighted by Gasteiger charge is 2.17. The summed E-state index contributed by atoms with van der Waals surface area (Å²) in [5.74, 6) is -0.282. The van der Waals surface area contributed by atoms with Crippen LogP contribution in [0.2, 0.25) is 5.02 Å². The maximum Gasteiger partial charge on any atom is 0.239 e. The predicted octanol–water partition coefficient (Wildman–Crippen LogP) is 2.53. The highest BCUT2D eigenvalue weighted by Crippen LogP contribution is 2.23. The largest absolute Gasteiger partial charge is 0.289 e. The third-order valence-electron chi connectivity index (χ3n) is 2.78. The van der Waals surface area contributed by atoms with Crippen molar-refractivity contribution in [2.45, 2.75) is 11.8 Å². The average Bonchev–Trinajstić information content (AvgIpc) is 2.37. The molecule has 0 unspecified atom stereocenters. The number of hydrogen-bond acceptors (Lipinski definition) is 3. The zero-order chi connectivity index (χ0) is 14.9. The Balaban J connectivity index is 2.52. The molecule has 20 heavy (non-hydrogen) atoms. The van der Waals surface area contributed by atoms with Crippen LogP contribution in [0.3, 0.4) is 0 Å². The van der Waals surface area contributed by atoms with Crippen molar-refractivity contribution in [3.05, 3.63) is 64.2 Å². The first-order chi connectivity index (χ1) is 9.29. The first-order valence-corrected chi connectivity index (χ1v) is 7.65. The van der Waals surface area contributed by atoms with Crippen LogP contribution >= 0.6 is 11.6 Å². The van der Waals surface area contributed by atoms with Gasteiger partial charge in [-0.25, -0.2) is 13.6 Å². The molecule has 2 aromatic carbocycles. The Labute approximate surface area is 122 Å². The minimum Gasteiger partial charge on any atom is -0.289 e. The second kappa shape index (κ2) is 5.36. The van der Waals surface area contributed by atoms with E-state index in [1.807, 2.05) is 13.0 Å². The van der Waals surface area contributed by atoms with Crippen LogP contribution in [-0.2, 0) is 10.0 Å². The van der Waals surface area contributed by atoms with Gasteiger partial charge in [0.05, 0.1) is 5.02 Å². The van der Waals surface area contributed by atoms with Gasteiger partial charge in [-0.15, -0.1) is 0 Å². The topological polar surface area (TPSA) is 77.2 Å². The summed E-state index contributed by atoms with van der Waals surface area (Å²) in [6, 6.07) is 11.1. The molecule has 0 amide bonds. The number of carbonyl (C=O) groups excluding carboxylic acids is 1. The Morgan fingerprint density at radius 3 is 2.35 bits per heavy atom. The maximum atomic E-state index is 12.3. The smallest absolute Gasteiger partial charge is 0.239 e. The van der Waals surface area contributed by atoms with Crippen molar-refractivity contribution in [1.29, 1.82) is 0 Å². The number of primary sulfonamides is 1. The third-order valence-corrected chi connectivity index (χ3v) is 4.17.